The molecule has 2 aliphatic heterocycles. The number of nitrogens with zero attached hydrogens (tertiary/aromatic N) is 3. The number of aliphatic hydroxyl groups is 1. The van der Waals surface area contributed by atoms with Gasteiger partial charge in [0, 0.05) is 17.2 Å². The van der Waals surface area contributed by atoms with Gasteiger partial charge in [-0.2, -0.15) is 4.40 Å². The molecule has 4 atom stereocenters. The van der Waals surface area contributed by atoms with Crippen molar-refractivity contribution in [1.29, 1.82) is 5.41 Å². The topological polar surface area (TPSA) is 139 Å². The summed E-state index contributed by atoms with van der Waals surface area (Å²) in [7, 11) is 0. The summed E-state index contributed by atoms with van der Waals surface area (Å²) in [5.41, 5.74) is 8.20. The van der Waals surface area contributed by atoms with E-state index in [1.165, 1.54) is 28.0 Å². The number of carbonyl (C=O) groups excluding carboxylic acids is 2. The van der Waals surface area contributed by atoms with Gasteiger partial charge < -0.3 is 25.6 Å². The predicted molar refractivity (Wildman–Crippen MR) is 143 cm³/mol. The zero-order valence-corrected chi connectivity index (χ0v) is 23.0. The van der Waals surface area contributed by atoms with E-state index in [1.54, 1.807) is 18.7 Å². The molecule has 1 amide bonds. The molecule has 3 aromatic rings. The molecule has 12 heteroatoms. The molecular weight excluding hydrogens is 531 g/mol. The van der Waals surface area contributed by atoms with Crippen molar-refractivity contribution < 1.29 is 24.4 Å². The number of amides is 1. The molecule has 9 nitrogen and oxygen atoms in total. The second-order valence-electron chi connectivity index (χ2n) is 9.34. The number of imidazole rings is 1. The number of benzene rings is 1. The molecule has 37 heavy (non-hydrogen) atoms. The summed E-state index contributed by atoms with van der Waals surface area (Å²) in [6.45, 7) is 4.13. The third kappa shape index (κ3) is 4.35. The number of carboxylic acids is 1. The smallest absolute Gasteiger partial charge is 0.250 e. The third-order valence-electron chi connectivity index (χ3n) is 6.97. The first-order valence-corrected chi connectivity index (χ1v) is 14.7. The van der Waals surface area contributed by atoms with Crippen molar-refractivity contribution in [2.75, 3.05) is 6.26 Å². The van der Waals surface area contributed by atoms with Crippen LogP contribution in [0.25, 0.3) is 10.4 Å². The van der Waals surface area contributed by atoms with Crippen LogP contribution in [0.2, 0.25) is 0 Å². The number of aliphatic hydroxyl groups excluding tert-OH is 1. The Morgan fingerprint density at radius 1 is 1.38 bits per heavy atom. The Bertz CT molecular complexity index is 1460. The highest BCUT2D eigenvalue weighted by Gasteiger charge is 2.59. The van der Waals surface area contributed by atoms with Gasteiger partial charge in [0.15, 0.2) is 5.17 Å². The van der Waals surface area contributed by atoms with Crippen molar-refractivity contribution in [2.24, 2.45) is 17.6 Å². The second kappa shape index (κ2) is 9.82. The minimum Gasteiger partial charge on any atom is -0.543 e. The monoisotopic (exact) mass is 557 g/mol. The quantitative estimate of drug-likeness (QED) is 0.125. The number of nitrogens with one attached hydrogen (secondary N) is 1. The molecule has 0 saturated carbocycles. The Morgan fingerprint density at radius 3 is 2.76 bits per heavy atom. The fraction of sp³-hybridized carbons (Fsp3) is 0.360. The predicted octanol–water partition coefficient (Wildman–Crippen LogP) is 1.50. The Hall–Kier alpha value is -2.80. The van der Waals surface area contributed by atoms with Gasteiger partial charge >= 0.3 is 0 Å². The van der Waals surface area contributed by atoms with E-state index in [4.69, 9.17) is 11.1 Å². The molecule has 0 unspecified atom stereocenters. The highest BCUT2D eigenvalue weighted by molar-refractivity contribution is 8.13. The average molecular weight is 558 g/mol. The lowest BCUT2D eigenvalue weighted by Crippen LogP contribution is -2.64. The van der Waals surface area contributed by atoms with E-state index in [2.05, 4.69) is 16.7 Å². The molecule has 0 radical (unpaired) electrons. The highest BCUT2D eigenvalue weighted by Crippen LogP contribution is 2.51. The SMILES string of the molecule is CSc1c2sc(C3=C(C(=O)[O-])N4C(=O)[C@H]([C@@H](C)O)[C@H]4[C@H]3C)cn2c[n+]1Cc1cccc(CSC(=N)N)c1. The molecule has 2 aromatic heterocycles. The number of carboxylic acid groups (broad SMARTS) is 1. The first-order chi connectivity index (χ1) is 17.6. The van der Waals surface area contributed by atoms with Crippen LogP contribution in [0.4, 0.5) is 0 Å². The van der Waals surface area contributed by atoms with Gasteiger partial charge in [0.1, 0.15) is 12.7 Å². The van der Waals surface area contributed by atoms with Crippen LogP contribution in [-0.2, 0) is 21.9 Å². The average Bonchev–Trinajstić information content (AvgIpc) is 3.44. The Labute approximate surface area is 226 Å². The zero-order valence-electron chi connectivity index (χ0n) is 20.5. The van der Waals surface area contributed by atoms with Crippen molar-refractivity contribution in [3.05, 3.63) is 58.5 Å². The Morgan fingerprint density at radius 2 is 2.11 bits per heavy atom. The summed E-state index contributed by atoms with van der Waals surface area (Å²) >= 11 is 4.40. The van der Waals surface area contributed by atoms with Gasteiger partial charge in [0.05, 0.1) is 34.6 Å². The van der Waals surface area contributed by atoms with Gasteiger partial charge in [0.2, 0.25) is 15.8 Å². The highest BCUT2D eigenvalue weighted by atomic mass is 32.2. The summed E-state index contributed by atoms with van der Waals surface area (Å²) in [5, 5.41) is 30.8. The van der Waals surface area contributed by atoms with Gasteiger partial charge in [-0.15, -0.1) is 0 Å². The number of amidine groups is 1. The normalized spacial score (nSPS) is 21.9. The van der Waals surface area contributed by atoms with Gasteiger partial charge in [-0.3, -0.25) is 10.2 Å². The van der Waals surface area contributed by atoms with Crippen molar-refractivity contribution in [2.45, 2.75) is 43.3 Å². The number of thiazole rings is 1. The minimum absolute atomic E-state index is 0.0808. The van der Waals surface area contributed by atoms with Crippen LogP contribution in [0.3, 0.4) is 0 Å². The largest absolute Gasteiger partial charge is 0.543 e. The van der Waals surface area contributed by atoms with Crippen LogP contribution in [0.15, 0.2) is 47.5 Å². The van der Waals surface area contributed by atoms with E-state index in [0.29, 0.717) is 17.9 Å². The zero-order chi connectivity index (χ0) is 26.6. The number of rotatable bonds is 8. The van der Waals surface area contributed by atoms with E-state index < -0.39 is 18.0 Å². The molecule has 0 spiro atoms. The minimum atomic E-state index is -1.37. The lowest BCUT2D eigenvalue weighted by molar-refractivity contribution is -0.721. The molecular formula is C25H27N5O4S3. The van der Waals surface area contributed by atoms with E-state index in [1.807, 2.05) is 42.2 Å². The molecule has 2 aliphatic rings. The number of hydrogen-bond acceptors (Lipinski definition) is 8. The fourth-order valence-electron chi connectivity index (χ4n) is 5.43. The maximum absolute atomic E-state index is 12.7. The number of β-lactam (4-membered cyclic amide) rings is 1. The first-order valence-electron chi connectivity index (χ1n) is 11.7. The van der Waals surface area contributed by atoms with E-state index >= 15 is 0 Å². The summed E-state index contributed by atoms with van der Waals surface area (Å²) < 4.78 is 4.15. The number of hydrogen-bond donors (Lipinski definition) is 3. The number of aliphatic carboxylic acids is 1. The maximum Gasteiger partial charge on any atom is 0.250 e. The van der Waals surface area contributed by atoms with E-state index in [9.17, 15) is 19.8 Å². The lowest BCUT2D eigenvalue weighted by Gasteiger charge is -2.47. The van der Waals surface area contributed by atoms with E-state index in [0.717, 1.165) is 25.9 Å². The number of fused-ring (bicyclic) bond motifs is 2. The summed E-state index contributed by atoms with van der Waals surface area (Å²) in [4.78, 5) is 27.9. The van der Waals surface area contributed by atoms with Gasteiger partial charge in [-0.25, -0.2) is 4.57 Å². The van der Waals surface area contributed by atoms with Crippen LogP contribution >= 0.6 is 34.9 Å². The molecule has 5 rings (SSSR count). The fourth-order valence-corrected chi connectivity index (χ4v) is 8.11. The molecule has 1 fully saturated rings. The van der Waals surface area contributed by atoms with Crippen molar-refractivity contribution in [1.82, 2.24) is 9.30 Å². The molecule has 194 valence electrons. The maximum atomic E-state index is 12.7. The Balaban J connectivity index is 1.48. The third-order valence-corrected chi connectivity index (χ3v) is 9.84. The number of thioether (sulfide) groups is 2. The second-order valence-corrected chi connectivity index (χ2v) is 12.2. The molecule has 0 aliphatic carbocycles. The number of carbonyl (C=O) groups is 2. The van der Waals surface area contributed by atoms with Crippen molar-refractivity contribution >= 4 is 62.3 Å². The summed E-state index contributed by atoms with van der Waals surface area (Å²) in [5.74, 6) is -1.95. The van der Waals surface area contributed by atoms with Crippen molar-refractivity contribution in [3.63, 3.8) is 0 Å². The number of aromatic nitrogens is 2. The van der Waals surface area contributed by atoms with Crippen LogP contribution in [0.5, 0.6) is 0 Å². The molecule has 4 N–H and O–H groups in total. The van der Waals surface area contributed by atoms with Gasteiger partial charge in [-0.1, -0.05) is 66.0 Å². The lowest BCUT2D eigenvalue weighted by atomic mass is 9.77. The van der Waals surface area contributed by atoms with Gasteiger partial charge in [0.25, 0.3) is 6.33 Å². The van der Waals surface area contributed by atoms with E-state index in [-0.39, 0.29) is 28.7 Å². The van der Waals surface area contributed by atoms with Crippen molar-refractivity contribution in [3.8, 4) is 0 Å². The number of nitrogens with two attached hydrogens (primary N) is 1. The molecule has 1 aromatic carbocycles. The molecule has 1 saturated heterocycles. The summed E-state index contributed by atoms with van der Waals surface area (Å²) in [6.07, 6.45) is 5.07. The molecule has 4 heterocycles. The summed E-state index contributed by atoms with van der Waals surface area (Å²) in [6, 6.07) is 7.82. The first kappa shape index (κ1) is 25.8. The van der Waals surface area contributed by atoms with Crippen LogP contribution in [0, 0.1) is 17.2 Å². The standard InChI is InChI=1S/C25H27N5O4S3/c1-12-17(20(24(33)34)30-19(12)18(13(2)31)21(30)32)16-9-29-11-28(22(35-3)23(29)37-16)8-14-5-4-6-15(7-14)10-36-25(26)27/h4-7,9,11-13,18-19,31H,8,10H2,1-3H3,(H3-,26,27,33,34)/t12-,13+,18+,19+/m0/s1. The Kier molecular flexibility index (Phi) is 6.86. The molecule has 0 bridgehead atoms. The van der Waals surface area contributed by atoms with Crippen LogP contribution < -0.4 is 15.4 Å². The van der Waals surface area contributed by atoms with Gasteiger partial charge in [-0.05, 0) is 24.3 Å². The van der Waals surface area contributed by atoms with Crippen LogP contribution in [-0.4, -0.2) is 49.9 Å². The van der Waals surface area contributed by atoms with Crippen LogP contribution in [0.1, 0.15) is 29.9 Å².